The van der Waals surface area contributed by atoms with Crippen LogP contribution in [0, 0.1) is 17.7 Å². The summed E-state index contributed by atoms with van der Waals surface area (Å²) < 4.78 is 73.2. The van der Waals surface area contributed by atoms with Crippen LogP contribution in [0.25, 0.3) is 5.57 Å². The number of hydrogen-bond acceptors (Lipinski definition) is 9. The number of benzene rings is 1. The third kappa shape index (κ3) is 5.59. The number of pyridine rings is 1. The number of aliphatic hydroxyl groups is 1. The van der Waals surface area contributed by atoms with Gasteiger partial charge < -0.3 is 10.0 Å². The molecule has 256 valence electrons. The van der Waals surface area contributed by atoms with Crippen molar-refractivity contribution in [1.29, 1.82) is 0 Å². The number of amidine groups is 1. The SMILES string of the molecule is O=S(=O)(N[C@H]1CC2=C(c3ccn(C(F)F)n3)[C@H](c3ccc(F)cc3Cl)N=C(c3nccs3)N2C1)[C@@H]1CC2CC[C@@H](C1)[C@@]2(O)c1ccccn1. The van der Waals surface area contributed by atoms with E-state index in [1.54, 1.807) is 29.9 Å². The lowest BCUT2D eigenvalue weighted by atomic mass is 9.72. The van der Waals surface area contributed by atoms with Crippen LogP contribution >= 0.6 is 22.9 Å². The Balaban J connectivity index is 1.15. The molecule has 1 unspecified atom stereocenters. The summed E-state index contributed by atoms with van der Waals surface area (Å²) in [6.45, 7) is -2.68. The first-order chi connectivity index (χ1) is 23.5. The zero-order chi connectivity index (χ0) is 34.1. The van der Waals surface area contributed by atoms with Gasteiger partial charge in [-0.25, -0.2) is 27.2 Å². The van der Waals surface area contributed by atoms with Crippen molar-refractivity contribution < 1.29 is 26.7 Å². The molecule has 10 nitrogen and oxygen atoms in total. The van der Waals surface area contributed by atoms with E-state index in [-0.39, 0.29) is 35.5 Å². The number of thiazole rings is 1. The normalized spacial score (nSPS) is 28.3. The zero-order valence-corrected chi connectivity index (χ0v) is 28.2. The van der Waals surface area contributed by atoms with E-state index in [1.807, 2.05) is 11.0 Å². The fraction of sp³-hybridized carbons (Fsp3) is 0.394. The third-order valence-corrected chi connectivity index (χ3v) is 13.3. The van der Waals surface area contributed by atoms with Gasteiger partial charge in [0.25, 0.3) is 0 Å². The molecule has 0 spiro atoms. The summed E-state index contributed by atoms with van der Waals surface area (Å²) in [6.07, 6.45) is 6.66. The Morgan fingerprint density at radius 3 is 2.53 bits per heavy atom. The molecule has 3 fully saturated rings. The Morgan fingerprint density at radius 2 is 1.88 bits per heavy atom. The first-order valence-electron chi connectivity index (χ1n) is 15.9. The minimum Gasteiger partial charge on any atom is -0.383 e. The summed E-state index contributed by atoms with van der Waals surface area (Å²) in [7, 11) is -3.87. The topological polar surface area (TPSA) is 126 Å². The van der Waals surface area contributed by atoms with E-state index in [0.717, 1.165) is 0 Å². The Morgan fingerprint density at radius 1 is 1.08 bits per heavy atom. The molecule has 16 heteroatoms. The molecule has 2 aliphatic heterocycles. The average Bonchev–Trinajstić information content (AvgIpc) is 3.87. The van der Waals surface area contributed by atoms with Gasteiger partial charge >= 0.3 is 6.55 Å². The van der Waals surface area contributed by atoms with Gasteiger partial charge in [-0.1, -0.05) is 23.7 Å². The highest BCUT2D eigenvalue weighted by Gasteiger charge is 2.57. The Kier molecular flexibility index (Phi) is 8.18. The minimum absolute atomic E-state index is 0.0971. The standard InChI is InChI=1S/C33H31ClF3N7O3S2/c34-24-15-20(35)6-7-23(24)29-28(25-8-11-44(41-25)32(36)37)26-16-21(17-43(26)30(40-29)31-39-10-12-48-31)42-49(46,47)22-13-18-4-5-19(14-22)33(18,45)27-3-1-2-9-38-27/h1-3,6-12,15,18-19,21-22,29,32,42,45H,4-5,13-14,16-17H2/t18-,19?,21-,22-,29-,33-/m0/s1. The van der Waals surface area contributed by atoms with E-state index >= 15 is 0 Å². The first kappa shape index (κ1) is 32.6. The number of alkyl halides is 2. The van der Waals surface area contributed by atoms with E-state index in [2.05, 4.69) is 19.8 Å². The van der Waals surface area contributed by atoms with Crippen LogP contribution in [0.15, 0.2) is 77.1 Å². The number of nitrogens with zero attached hydrogens (tertiary/aromatic N) is 6. The van der Waals surface area contributed by atoms with Crippen LogP contribution in [0.3, 0.4) is 0 Å². The van der Waals surface area contributed by atoms with Gasteiger partial charge in [0.2, 0.25) is 10.0 Å². The molecule has 2 aliphatic carbocycles. The smallest absolute Gasteiger partial charge is 0.333 e. The maximum atomic E-state index is 14.2. The number of aliphatic imine (C=N–C) groups is 1. The second-order valence-electron chi connectivity index (χ2n) is 13.0. The number of fused-ring (bicyclic) bond motifs is 3. The molecular weight excluding hydrogens is 699 g/mol. The highest BCUT2D eigenvalue weighted by atomic mass is 35.5. The molecule has 4 aromatic rings. The van der Waals surface area contributed by atoms with Crippen molar-refractivity contribution >= 4 is 44.4 Å². The summed E-state index contributed by atoms with van der Waals surface area (Å²) in [5, 5.41) is 17.7. The lowest BCUT2D eigenvalue weighted by Crippen LogP contribution is -2.50. The van der Waals surface area contributed by atoms with Crippen molar-refractivity contribution in [1.82, 2.24) is 29.4 Å². The molecule has 8 rings (SSSR count). The van der Waals surface area contributed by atoms with Crippen molar-refractivity contribution in [3.63, 3.8) is 0 Å². The molecular formula is C33H31ClF3N7O3S2. The lowest BCUT2D eigenvalue weighted by molar-refractivity contribution is -0.0682. The van der Waals surface area contributed by atoms with Gasteiger partial charge in [0, 0.05) is 64.8 Å². The molecule has 3 aromatic heterocycles. The fourth-order valence-corrected chi connectivity index (χ4v) is 10.8. The second-order valence-corrected chi connectivity index (χ2v) is 16.3. The van der Waals surface area contributed by atoms with Crippen LogP contribution in [-0.2, 0) is 15.6 Å². The molecule has 49 heavy (non-hydrogen) atoms. The number of aromatic nitrogens is 4. The van der Waals surface area contributed by atoms with Gasteiger partial charge in [0.1, 0.15) is 17.5 Å². The van der Waals surface area contributed by atoms with Gasteiger partial charge in [0.05, 0.1) is 16.6 Å². The molecule has 5 heterocycles. The third-order valence-electron chi connectivity index (χ3n) is 10.3. The molecule has 0 amide bonds. The molecule has 0 radical (unpaired) electrons. The van der Waals surface area contributed by atoms with Crippen LogP contribution in [0.5, 0.6) is 0 Å². The Labute approximate surface area is 289 Å². The number of nitrogens with one attached hydrogen (secondary N) is 1. The molecule has 6 atom stereocenters. The molecule has 2 saturated carbocycles. The largest absolute Gasteiger partial charge is 0.383 e. The van der Waals surface area contributed by atoms with Gasteiger partial charge in [-0.15, -0.1) is 11.3 Å². The molecule has 2 bridgehead atoms. The predicted molar refractivity (Wildman–Crippen MR) is 178 cm³/mol. The molecule has 1 saturated heterocycles. The summed E-state index contributed by atoms with van der Waals surface area (Å²) in [4.78, 5) is 15.8. The number of rotatable bonds is 8. The van der Waals surface area contributed by atoms with Crippen molar-refractivity contribution in [3.05, 3.63) is 105 Å². The highest BCUT2D eigenvalue weighted by molar-refractivity contribution is 7.90. The van der Waals surface area contributed by atoms with E-state index in [1.165, 1.54) is 41.8 Å². The quantitative estimate of drug-likeness (QED) is 0.231. The van der Waals surface area contributed by atoms with E-state index in [9.17, 15) is 26.7 Å². The maximum Gasteiger partial charge on any atom is 0.333 e. The van der Waals surface area contributed by atoms with Crippen LogP contribution in [0.2, 0.25) is 5.02 Å². The Bertz CT molecular complexity index is 2050. The predicted octanol–water partition coefficient (Wildman–Crippen LogP) is 5.91. The van der Waals surface area contributed by atoms with Crippen molar-refractivity contribution in [3.8, 4) is 0 Å². The van der Waals surface area contributed by atoms with E-state index in [4.69, 9.17) is 16.6 Å². The summed E-state index contributed by atoms with van der Waals surface area (Å²) >= 11 is 7.90. The van der Waals surface area contributed by atoms with Crippen LogP contribution < -0.4 is 4.72 Å². The van der Waals surface area contributed by atoms with Crippen molar-refractivity contribution in [2.75, 3.05) is 6.54 Å². The van der Waals surface area contributed by atoms with Crippen LogP contribution in [0.4, 0.5) is 13.2 Å². The molecule has 4 aliphatic rings. The molecule has 1 aromatic carbocycles. The van der Waals surface area contributed by atoms with Crippen LogP contribution in [0.1, 0.15) is 66.7 Å². The Hall–Kier alpha value is -3.63. The maximum absolute atomic E-state index is 14.2. The van der Waals surface area contributed by atoms with Gasteiger partial charge in [-0.05, 0) is 67.9 Å². The average molecular weight is 730 g/mol. The van der Waals surface area contributed by atoms with Crippen molar-refractivity contribution in [2.24, 2.45) is 16.8 Å². The van der Waals surface area contributed by atoms with Gasteiger partial charge in [-0.2, -0.15) is 13.9 Å². The number of sulfonamides is 1. The number of halogens is 4. The van der Waals surface area contributed by atoms with Crippen molar-refractivity contribution in [2.45, 2.75) is 61.6 Å². The molecule has 2 N–H and O–H groups in total. The first-order valence-corrected chi connectivity index (χ1v) is 18.7. The highest BCUT2D eigenvalue weighted by Crippen LogP contribution is 2.56. The van der Waals surface area contributed by atoms with E-state index in [0.29, 0.717) is 63.7 Å². The summed E-state index contributed by atoms with van der Waals surface area (Å²) in [5.74, 6) is -0.579. The fourth-order valence-electron chi connectivity index (χ4n) is 8.13. The minimum atomic E-state index is -3.87. The van der Waals surface area contributed by atoms with Crippen LogP contribution in [-0.4, -0.2) is 61.8 Å². The lowest BCUT2D eigenvalue weighted by Gasteiger charge is -2.42. The van der Waals surface area contributed by atoms with Gasteiger partial charge in [-0.3, -0.25) is 9.98 Å². The van der Waals surface area contributed by atoms with E-state index < -0.39 is 45.3 Å². The second kappa shape index (κ2) is 12.3. The zero-order valence-electron chi connectivity index (χ0n) is 25.8. The summed E-state index contributed by atoms with van der Waals surface area (Å²) in [5.41, 5.74) is 1.16. The monoisotopic (exact) mass is 729 g/mol. The summed E-state index contributed by atoms with van der Waals surface area (Å²) in [6, 6.07) is 9.33. The number of hydrogen-bond donors (Lipinski definition) is 2. The van der Waals surface area contributed by atoms with Gasteiger partial charge in [0.15, 0.2) is 10.8 Å².